The van der Waals surface area contributed by atoms with E-state index in [1.807, 2.05) is 6.07 Å². The average Bonchev–Trinajstić information content (AvgIpc) is 2.75. The molecule has 1 atom stereocenters. The highest BCUT2D eigenvalue weighted by molar-refractivity contribution is 7.90. The Hall–Kier alpha value is -2.80. The van der Waals surface area contributed by atoms with E-state index in [0.717, 1.165) is 11.8 Å². The minimum absolute atomic E-state index is 0.150. The number of benzene rings is 2. The maximum absolute atomic E-state index is 11.7. The van der Waals surface area contributed by atoms with Crippen LogP contribution in [0, 0.1) is 11.3 Å². The second-order valence-electron chi connectivity index (χ2n) is 7.69. The van der Waals surface area contributed by atoms with Crippen LogP contribution < -0.4 is 4.74 Å². The van der Waals surface area contributed by atoms with Crippen molar-refractivity contribution in [1.29, 1.82) is 5.26 Å². The normalized spacial score (nSPS) is 17.0. The Morgan fingerprint density at radius 3 is 2.59 bits per heavy atom. The first-order valence-electron chi connectivity index (χ1n) is 10.00. The summed E-state index contributed by atoms with van der Waals surface area (Å²) in [6.45, 7) is 2.29. The van der Waals surface area contributed by atoms with Crippen molar-refractivity contribution in [2.75, 3.05) is 39.0 Å². The number of nitrogens with zero attached hydrogens (tertiary/aromatic N) is 3. The van der Waals surface area contributed by atoms with Gasteiger partial charge in [0.1, 0.15) is 12.4 Å². The van der Waals surface area contributed by atoms with Crippen LogP contribution in [-0.2, 0) is 16.3 Å². The lowest BCUT2D eigenvalue weighted by Gasteiger charge is -2.39. The van der Waals surface area contributed by atoms with E-state index in [0.29, 0.717) is 48.9 Å². The van der Waals surface area contributed by atoms with Gasteiger partial charge in [-0.25, -0.2) is 13.2 Å². The zero-order chi connectivity index (χ0) is 23.3. The predicted molar refractivity (Wildman–Crippen MR) is 120 cm³/mol. The summed E-state index contributed by atoms with van der Waals surface area (Å²) in [7, 11) is -3.29. The topological polar surface area (TPSA) is 111 Å². The Morgan fingerprint density at radius 1 is 1.25 bits per heavy atom. The zero-order valence-electron chi connectivity index (χ0n) is 17.6. The second-order valence-corrected chi connectivity index (χ2v) is 10.1. The Bertz CT molecular complexity index is 1120. The second kappa shape index (κ2) is 10.2. The summed E-state index contributed by atoms with van der Waals surface area (Å²) >= 11 is 6.07. The van der Waals surface area contributed by atoms with Crippen LogP contribution in [0.1, 0.15) is 11.1 Å². The monoisotopic (exact) mass is 477 g/mol. The van der Waals surface area contributed by atoms with E-state index in [4.69, 9.17) is 21.6 Å². The molecule has 0 radical (unpaired) electrons. The smallest absolute Gasteiger partial charge is 0.407 e. The molecule has 1 heterocycles. The van der Waals surface area contributed by atoms with E-state index in [-0.39, 0.29) is 17.5 Å². The number of carboxylic acid groups (broad SMARTS) is 1. The molecule has 0 unspecified atom stereocenters. The van der Waals surface area contributed by atoms with Crippen molar-refractivity contribution in [2.45, 2.75) is 17.4 Å². The van der Waals surface area contributed by atoms with Gasteiger partial charge in [0.25, 0.3) is 0 Å². The first-order chi connectivity index (χ1) is 15.2. The van der Waals surface area contributed by atoms with E-state index in [1.54, 1.807) is 24.3 Å². The largest absolute Gasteiger partial charge is 0.491 e. The summed E-state index contributed by atoms with van der Waals surface area (Å²) in [6.07, 6.45) is 0.816. The predicted octanol–water partition coefficient (Wildman–Crippen LogP) is 2.90. The molecule has 1 fully saturated rings. The minimum Gasteiger partial charge on any atom is -0.491 e. The summed E-state index contributed by atoms with van der Waals surface area (Å²) in [5.74, 6) is 0.475. The van der Waals surface area contributed by atoms with Gasteiger partial charge in [0, 0.05) is 37.5 Å². The summed E-state index contributed by atoms with van der Waals surface area (Å²) in [5, 5.41) is 19.2. The fourth-order valence-corrected chi connectivity index (χ4v) is 4.53. The van der Waals surface area contributed by atoms with Crippen LogP contribution in [0.5, 0.6) is 5.75 Å². The van der Waals surface area contributed by atoms with Crippen molar-refractivity contribution in [3.63, 3.8) is 0 Å². The summed E-state index contributed by atoms with van der Waals surface area (Å²) in [4.78, 5) is 15.4. The minimum atomic E-state index is -3.29. The third kappa shape index (κ3) is 6.36. The lowest BCUT2D eigenvalue weighted by molar-refractivity contribution is 0.0469. The molecule has 1 saturated heterocycles. The first kappa shape index (κ1) is 23.9. The molecule has 1 aliphatic heterocycles. The van der Waals surface area contributed by atoms with Crippen LogP contribution in [0.3, 0.4) is 0 Å². The molecule has 8 nitrogen and oxygen atoms in total. The molecule has 170 valence electrons. The van der Waals surface area contributed by atoms with Crippen molar-refractivity contribution in [2.24, 2.45) is 0 Å². The number of hydrogen-bond acceptors (Lipinski definition) is 6. The van der Waals surface area contributed by atoms with Crippen molar-refractivity contribution in [3.8, 4) is 11.8 Å². The first-order valence-corrected chi connectivity index (χ1v) is 12.3. The Morgan fingerprint density at radius 2 is 1.97 bits per heavy atom. The molecule has 0 aromatic heterocycles. The molecule has 1 N–H and O–H groups in total. The number of ether oxygens (including phenoxy) is 1. The van der Waals surface area contributed by atoms with E-state index < -0.39 is 15.9 Å². The molecule has 32 heavy (non-hydrogen) atoms. The fourth-order valence-electron chi connectivity index (χ4n) is 3.64. The van der Waals surface area contributed by atoms with Crippen molar-refractivity contribution < 1.29 is 23.1 Å². The van der Waals surface area contributed by atoms with Crippen LogP contribution >= 0.6 is 11.6 Å². The number of nitriles is 1. The fraction of sp³-hybridized carbons (Fsp3) is 0.364. The molecule has 1 aliphatic rings. The van der Waals surface area contributed by atoms with Gasteiger partial charge in [-0.2, -0.15) is 5.26 Å². The van der Waals surface area contributed by atoms with Gasteiger partial charge in [-0.1, -0.05) is 11.6 Å². The molecule has 0 spiro atoms. The molecule has 0 aliphatic carbocycles. The standard InChI is InChI=1S/C22H24ClN3O5S/c1-32(29,30)21-4-2-20(3-5-21)31-15-19-14-25(8-9-26(19)22(27)28)7-6-16-10-17(13-24)12-18(23)11-16/h2-5,10-12,19H,6-9,14-15H2,1H3,(H,27,28)/t19-/m0/s1. The zero-order valence-corrected chi connectivity index (χ0v) is 19.1. The molecule has 10 heteroatoms. The number of halogens is 1. The number of sulfone groups is 1. The molecule has 3 rings (SSSR count). The van der Waals surface area contributed by atoms with E-state index in [1.165, 1.54) is 17.0 Å². The van der Waals surface area contributed by atoms with Gasteiger partial charge in [-0.05, 0) is 54.4 Å². The average molecular weight is 478 g/mol. The molecule has 2 aromatic carbocycles. The summed E-state index contributed by atoms with van der Waals surface area (Å²) in [5.41, 5.74) is 1.46. The van der Waals surface area contributed by atoms with Gasteiger partial charge in [0.15, 0.2) is 9.84 Å². The highest BCUT2D eigenvalue weighted by atomic mass is 35.5. The Labute approximate surface area is 192 Å². The highest BCUT2D eigenvalue weighted by Crippen LogP contribution is 2.19. The SMILES string of the molecule is CS(=O)(=O)c1ccc(OC[C@@H]2CN(CCc3cc(Cl)cc(C#N)c3)CCN2C(=O)O)cc1. The Kier molecular flexibility index (Phi) is 7.61. The van der Waals surface area contributed by atoms with Crippen LogP contribution in [0.4, 0.5) is 4.79 Å². The highest BCUT2D eigenvalue weighted by Gasteiger charge is 2.30. The number of piperazine rings is 1. The van der Waals surface area contributed by atoms with Crippen LogP contribution in [0.25, 0.3) is 0 Å². The Balaban J connectivity index is 1.61. The maximum atomic E-state index is 11.7. The maximum Gasteiger partial charge on any atom is 0.407 e. The summed E-state index contributed by atoms with van der Waals surface area (Å²) in [6, 6.07) is 13.0. The van der Waals surface area contributed by atoms with Crippen molar-refractivity contribution >= 4 is 27.5 Å². The molecule has 2 aromatic rings. The quantitative estimate of drug-likeness (QED) is 0.652. The van der Waals surface area contributed by atoms with Gasteiger partial charge in [0.2, 0.25) is 0 Å². The van der Waals surface area contributed by atoms with Gasteiger partial charge < -0.3 is 9.84 Å². The lowest BCUT2D eigenvalue weighted by Crippen LogP contribution is -2.57. The number of carbonyl (C=O) groups is 1. The number of amides is 1. The molecule has 0 saturated carbocycles. The third-order valence-electron chi connectivity index (χ3n) is 5.31. The van der Waals surface area contributed by atoms with E-state index in [2.05, 4.69) is 11.0 Å². The number of rotatable bonds is 7. The van der Waals surface area contributed by atoms with Gasteiger partial charge >= 0.3 is 6.09 Å². The molecular weight excluding hydrogens is 454 g/mol. The van der Waals surface area contributed by atoms with Crippen molar-refractivity contribution in [1.82, 2.24) is 9.80 Å². The van der Waals surface area contributed by atoms with Gasteiger partial charge in [-0.3, -0.25) is 9.80 Å². The molecule has 0 bridgehead atoms. The lowest BCUT2D eigenvalue weighted by atomic mass is 10.1. The summed E-state index contributed by atoms with van der Waals surface area (Å²) < 4.78 is 28.9. The molecule has 1 amide bonds. The van der Waals surface area contributed by atoms with E-state index >= 15 is 0 Å². The van der Waals surface area contributed by atoms with Crippen LogP contribution in [-0.4, -0.2) is 74.5 Å². The van der Waals surface area contributed by atoms with Crippen LogP contribution in [0.15, 0.2) is 47.4 Å². The van der Waals surface area contributed by atoms with Crippen molar-refractivity contribution in [3.05, 3.63) is 58.6 Å². The van der Waals surface area contributed by atoms with Crippen LogP contribution in [0.2, 0.25) is 5.02 Å². The number of hydrogen-bond donors (Lipinski definition) is 1. The third-order valence-corrected chi connectivity index (χ3v) is 6.66. The van der Waals surface area contributed by atoms with E-state index in [9.17, 15) is 18.3 Å². The molecular formula is C22H24ClN3O5S. The van der Waals surface area contributed by atoms with Gasteiger partial charge in [0.05, 0.1) is 22.6 Å². The van der Waals surface area contributed by atoms with Gasteiger partial charge in [-0.15, -0.1) is 0 Å².